The number of benzene rings is 2. The van der Waals surface area contributed by atoms with Crippen LogP contribution in [0.3, 0.4) is 0 Å². The average Bonchev–Trinajstić information content (AvgIpc) is 2.74. The van der Waals surface area contributed by atoms with E-state index in [4.69, 9.17) is 4.74 Å². The molecule has 0 bridgehead atoms. The van der Waals surface area contributed by atoms with Crippen LogP contribution in [0, 0.1) is 0 Å². The zero-order chi connectivity index (χ0) is 12.4. The number of aromatic nitrogens is 1. The van der Waals surface area contributed by atoms with Crippen LogP contribution in [0.1, 0.15) is 6.92 Å². The van der Waals surface area contributed by atoms with Gasteiger partial charge in [0.2, 0.25) is 0 Å². The molecular weight excluding hydrogens is 222 g/mol. The molecule has 3 aromatic rings. The maximum atomic E-state index is 5.53. The summed E-state index contributed by atoms with van der Waals surface area (Å²) in [7, 11) is 0. The Morgan fingerprint density at radius 3 is 2.06 bits per heavy atom. The monoisotopic (exact) mass is 237 g/mol. The summed E-state index contributed by atoms with van der Waals surface area (Å²) in [5.41, 5.74) is 2.42. The van der Waals surface area contributed by atoms with Gasteiger partial charge in [0.25, 0.3) is 0 Å². The third-order valence-electron chi connectivity index (χ3n) is 3.12. The van der Waals surface area contributed by atoms with Crippen molar-refractivity contribution in [3.8, 4) is 0 Å². The summed E-state index contributed by atoms with van der Waals surface area (Å²) in [5.74, 6) is 0. The van der Waals surface area contributed by atoms with Crippen LogP contribution in [0.15, 0.2) is 60.9 Å². The van der Waals surface area contributed by atoms with Crippen LogP contribution < -0.4 is 0 Å². The van der Waals surface area contributed by atoms with E-state index in [2.05, 4.69) is 53.1 Å². The van der Waals surface area contributed by atoms with Gasteiger partial charge in [-0.05, 0) is 19.1 Å². The minimum Gasteiger partial charge on any atom is -0.481 e. The summed E-state index contributed by atoms with van der Waals surface area (Å²) in [4.78, 5) is 0. The van der Waals surface area contributed by atoms with Crippen molar-refractivity contribution >= 4 is 21.8 Å². The molecule has 0 radical (unpaired) electrons. The molecule has 1 aromatic heterocycles. The Bertz CT molecular complexity index is 656. The lowest BCUT2D eigenvalue weighted by molar-refractivity contribution is 0.183. The van der Waals surface area contributed by atoms with Crippen LogP contribution in [-0.4, -0.2) is 4.57 Å². The molecular formula is C16H15NO. The van der Waals surface area contributed by atoms with Crippen LogP contribution in [0.4, 0.5) is 0 Å². The molecule has 2 nitrogen and oxygen atoms in total. The van der Waals surface area contributed by atoms with Gasteiger partial charge >= 0.3 is 0 Å². The van der Waals surface area contributed by atoms with E-state index in [1.807, 2.05) is 13.0 Å². The third-order valence-corrected chi connectivity index (χ3v) is 3.12. The van der Waals surface area contributed by atoms with E-state index in [9.17, 15) is 0 Å². The molecule has 2 heteroatoms. The van der Waals surface area contributed by atoms with Crippen molar-refractivity contribution in [1.82, 2.24) is 4.57 Å². The molecule has 0 N–H and O–H groups in total. The maximum Gasteiger partial charge on any atom is 0.164 e. The fraction of sp³-hybridized carbons (Fsp3) is 0.125. The van der Waals surface area contributed by atoms with Crippen molar-refractivity contribution in [1.29, 1.82) is 0 Å². The third kappa shape index (κ3) is 1.66. The predicted molar refractivity (Wildman–Crippen MR) is 75.3 cm³/mol. The van der Waals surface area contributed by atoms with E-state index < -0.39 is 0 Å². The molecule has 3 rings (SSSR count). The molecule has 18 heavy (non-hydrogen) atoms. The highest BCUT2D eigenvalue weighted by Crippen LogP contribution is 2.28. The summed E-state index contributed by atoms with van der Waals surface area (Å²) < 4.78 is 7.72. The number of hydrogen-bond acceptors (Lipinski definition) is 1. The first kappa shape index (κ1) is 10.9. The van der Waals surface area contributed by atoms with Crippen LogP contribution in [-0.2, 0) is 11.5 Å². The second kappa shape index (κ2) is 4.57. The van der Waals surface area contributed by atoms with E-state index in [1.54, 1.807) is 6.26 Å². The average molecular weight is 237 g/mol. The van der Waals surface area contributed by atoms with Crippen molar-refractivity contribution in [2.45, 2.75) is 13.7 Å². The fourth-order valence-corrected chi connectivity index (χ4v) is 2.36. The van der Waals surface area contributed by atoms with Crippen molar-refractivity contribution in [3.63, 3.8) is 0 Å². The summed E-state index contributed by atoms with van der Waals surface area (Å²) in [6, 6.07) is 16.9. The molecule has 2 aromatic carbocycles. The van der Waals surface area contributed by atoms with Gasteiger partial charge in [0.15, 0.2) is 6.73 Å². The van der Waals surface area contributed by atoms with Gasteiger partial charge in [-0.1, -0.05) is 42.5 Å². The van der Waals surface area contributed by atoms with E-state index in [0.29, 0.717) is 6.73 Å². The Hall–Kier alpha value is -2.22. The SMILES string of the molecule is CC=COCn1c2ccccc2c2ccccc21. The largest absolute Gasteiger partial charge is 0.481 e. The number of fused-ring (bicyclic) bond motifs is 3. The number of ether oxygens (including phenoxy) is 1. The van der Waals surface area contributed by atoms with Gasteiger partial charge in [-0.15, -0.1) is 0 Å². The maximum absolute atomic E-state index is 5.53. The first-order valence-corrected chi connectivity index (χ1v) is 6.10. The van der Waals surface area contributed by atoms with Crippen molar-refractivity contribution < 1.29 is 4.74 Å². The molecule has 1 heterocycles. The van der Waals surface area contributed by atoms with Gasteiger partial charge < -0.3 is 9.30 Å². The molecule has 0 saturated heterocycles. The Kier molecular flexibility index (Phi) is 2.77. The lowest BCUT2D eigenvalue weighted by atomic mass is 10.2. The summed E-state index contributed by atoms with van der Waals surface area (Å²) >= 11 is 0. The zero-order valence-corrected chi connectivity index (χ0v) is 10.3. The summed E-state index contributed by atoms with van der Waals surface area (Å²) in [5, 5.41) is 2.55. The predicted octanol–water partition coefficient (Wildman–Crippen LogP) is 4.30. The Morgan fingerprint density at radius 2 is 1.50 bits per heavy atom. The van der Waals surface area contributed by atoms with Gasteiger partial charge in [0.1, 0.15) is 0 Å². The fourth-order valence-electron chi connectivity index (χ4n) is 2.36. The molecule has 0 spiro atoms. The van der Waals surface area contributed by atoms with Crippen LogP contribution in [0.2, 0.25) is 0 Å². The first-order valence-electron chi connectivity index (χ1n) is 6.10. The minimum absolute atomic E-state index is 0.540. The number of nitrogens with zero attached hydrogens (tertiary/aromatic N) is 1. The molecule has 0 atom stereocenters. The van der Waals surface area contributed by atoms with Gasteiger partial charge in [-0.3, -0.25) is 0 Å². The van der Waals surface area contributed by atoms with E-state index in [-0.39, 0.29) is 0 Å². The van der Waals surface area contributed by atoms with Crippen molar-refractivity contribution in [2.75, 3.05) is 0 Å². The van der Waals surface area contributed by atoms with Crippen molar-refractivity contribution in [2.24, 2.45) is 0 Å². The molecule has 0 aliphatic rings. The summed E-state index contributed by atoms with van der Waals surface area (Å²) in [6.45, 7) is 2.49. The molecule has 0 aliphatic carbocycles. The topological polar surface area (TPSA) is 14.2 Å². The molecule has 90 valence electrons. The van der Waals surface area contributed by atoms with Crippen molar-refractivity contribution in [3.05, 3.63) is 60.9 Å². The molecule has 0 unspecified atom stereocenters. The smallest absolute Gasteiger partial charge is 0.164 e. The van der Waals surface area contributed by atoms with E-state index >= 15 is 0 Å². The lowest BCUT2D eigenvalue weighted by Gasteiger charge is -2.06. The molecule has 0 saturated carbocycles. The van der Waals surface area contributed by atoms with Crippen LogP contribution in [0.25, 0.3) is 21.8 Å². The standard InChI is InChI=1S/C16H15NO/c1-2-11-18-12-17-15-9-5-3-7-13(15)14-8-4-6-10-16(14)17/h2-11H,12H2,1H3. The molecule has 0 aliphatic heterocycles. The number of allylic oxidation sites excluding steroid dienone is 1. The molecule has 0 fully saturated rings. The highest BCUT2D eigenvalue weighted by molar-refractivity contribution is 6.07. The van der Waals surface area contributed by atoms with Crippen LogP contribution >= 0.6 is 0 Å². The highest BCUT2D eigenvalue weighted by Gasteiger charge is 2.08. The van der Waals surface area contributed by atoms with Crippen LogP contribution in [0.5, 0.6) is 0 Å². The summed E-state index contributed by atoms with van der Waals surface area (Å²) in [6.07, 6.45) is 3.62. The van der Waals surface area contributed by atoms with Gasteiger partial charge in [0.05, 0.1) is 17.3 Å². The Balaban J connectivity index is 2.24. The lowest BCUT2D eigenvalue weighted by Crippen LogP contribution is -1.98. The second-order valence-electron chi connectivity index (χ2n) is 4.23. The Morgan fingerprint density at radius 1 is 0.944 bits per heavy atom. The van der Waals surface area contributed by atoms with Gasteiger partial charge in [0, 0.05) is 10.8 Å². The van der Waals surface area contributed by atoms with E-state index in [0.717, 1.165) is 0 Å². The number of rotatable bonds is 3. The number of hydrogen-bond donors (Lipinski definition) is 0. The van der Waals surface area contributed by atoms with E-state index in [1.165, 1.54) is 21.8 Å². The second-order valence-corrected chi connectivity index (χ2v) is 4.23. The first-order chi connectivity index (χ1) is 8.92. The number of para-hydroxylation sites is 2. The van der Waals surface area contributed by atoms with Gasteiger partial charge in [-0.2, -0.15) is 0 Å². The zero-order valence-electron chi connectivity index (χ0n) is 10.3. The quantitative estimate of drug-likeness (QED) is 0.619. The Labute approximate surface area is 106 Å². The highest BCUT2D eigenvalue weighted by atomic mass is 16.5. The normalized spacial score (nSPS) is 11.6. The molecule has 0 amide bonds. The van der Waals surface area contributed by atoms with Gasteiger partial charge in [-0.25, -0.2) is 0 Å². The minimum atomic E-state index is 0.540.